The van der Waals surface area contributed by atoms with Gasteiger partial charge in [-0.15, -0.1) is 22.7 Å². The van der Waals surface area contributed by atoms with E-state index >= 15 is 0 Å². The highest BCUT2D eigenvalue weighted by atomic mass is 32.1. The highest BCUT2D eigenvalue weighted by molar-refractivity contribution is 7.12. The van der Waals surface area contributed by atoms with Crippen molar-refractivity contribution in [1.82, 2.24) is 0 Å². The third-order valence-electron chi connectivity index (χ3n) is 3.58. The van der Waals surface area contributed by atoms with Gasteiger partial charge in [-0.3, -0.25) is 0 Å². The van der Waals surface area contributed by atoms with Gasteiger partial charge in [0.2, 0.25) is 0 Å². The minimum atomic E-state index is 0.287. The lowest BCUT2D eigenvalue weighted by atomic mass is 10.1. The monoisotopic (exact) mass is 310 g/mol. The van der Waals surface area contributed by atoms with Gasteiger partial charge in [-0.1, -0.05) is 24.3 Å². The fourth-order valence-electron chi connectivity index (χ4n) is 2.58. The normalized spacial score (nSPS) is 17.5. The Morgan fingerprint density at radius 1 is 0.952 bits per heavy atom. The average molecular weight is 310 g/mol. The molecule has 1 unspecified atom stereocenters. The van der Waals surface area contributed by atoms with Crippen molar-refractivity contribution < 1.29 is 0 Å². The summed E-state index contributed by atoms with van der Waals surface area (Å²) in [6.07, 6.45) is 0.912. The Kier molecular flexibility index (Phi) is 3.33. The van der Waals surface area contributed by atoms with Gasteiger partial charge < -0.3 is 5.32 Å². The van der Waals surface area contributed by atoms with Crippen LogP contribution in [0.2, 0.25) is 0 Å². The molecule has 0 saturated heterocycles. The van der Waals surface area contributed by atoms with Crippen molar-refractivity contribution in [2.24, 2.45) is 4.99 Å². The van der Waals surface area contributed by atoms with Crippen LogP contribution in [0.3, 0.4) is 0 Å². The molecule has 21 heavy (non-hydrogen) atoms. The second-order valence-corrected chi connectivity index (χ2v) is 6.90. The van der Waals surface area contributed by atoms with Gasteiger partial charge in [0.15, 0.2) is 0 Å². The molecular weight excluding hydrogens is 296 g/mol. The first kappa shape index (κ1) is 12.8. The van der Waals surface area contributed by atoms with Crippen LogP contribution in [0, 0.1) is 0 Å². The SMILES string of the molecule is c1csc(C2=Nc3ccccc3NC(c3cccs3)C2)c1. The Morgan fingerprint density at radius 2 is 1.81 bits per heavy atom. The van der Waals surface area contributed by atoms with Gasteiger partial charge in [-0.2, -0.15) is 0 Å². The number of para-hydroxylation sites is 2. The third-order valence-corrected chi connectivity index (χ3v) is 5.48. The number of rotatable bonds is 2. The number of nitrogens with zero attached hydrogens (tertiary/aromatic N) is 1. The topological polar surface area (TPSA) is 24.4 Å². The maximum absolute atomic E-state index is 4.91. The van der Waals surface area contributed by atoms with E-state index in [4.69, 9.17) is 4.99 Å². The first-order chi connectivity index (χ1) is 10.4. The van der Waals surface area contributed by atoms with Gasteiger partial charge in [-0.25, -0.2) is 4.99 Å². The van der Waals surface area contributed by atoms with Crippen LogP contribution in [-0.2, 0) is 0 Å². The van der Waals surface area contributed by atoms with Crippen molar-refractivity contribution >= 4 is 39.8 Å². The molecule has 1 aliphatic rings. The molecule has 2 aromatic heterocycles. The lowest BCUT2D eigenvalue weighted by Gasteiger charge is -2.17. The number of benzene rings is 1. The summed E-state index contributed by atoms with van der Waals surface area (Å²) >= 11 is 3.56. The van der Waals surface area contributed by atoms with Gasteiger partial charge >= 0.3 is 0 Å². The van der Waals surface area contributed by atoms with Crippen molar-refractivity contribution in [2.45, 2.75) is 12.5 Å². The van der Waals surface area contributed by atoms with E-state index in [2.05, 4.69) is 58.5 Å². The molecule has 0 fully saturated rings. The Hall–Kier alpha value is -1.91. The predicted molar refractivity (Wildman–Crippen MR) is 92.3 cm³/mol. The molecule has 3 heterocycles. The van der Waals surface area contributed by atoms with Crippen LogP contribution in [-0.4, -0.2) is 5.71 Å². The molecular formula is C17H14N2S2. The summed E-state index contributed by atoms with van der Waals surface area (Å²) in [5.74, 6) is 0. The average Bonchev–Trinajstić information content (AvgIpc) is 3.17. The number of aliphatic imine (C=N–C) groups is 1. The van der Waals surface area contributed by atoms with Crippen molar-refractivity contribution in [2.75, 3.05) is 5.32 Å². The molecule has 0 spiro atoms. The molecule has 0 saturated carbocycles. The van der Waals surface area contributed by atoms with Crippen LogP contribution in [0.15, 0.2) is 64.3 Å². The minimum Gasteiger partial charge on any atom is -0.375 e. The zero-order valence-corrected chi connectivity index (χ0v) is 13.0. The first-order valence-electron chi connectivity index (χ1n) is 6.90. The van der Waals surface area contributed by atoms with Gasteiger partial charge in [0.1, 0.15) is 0 Å². The van der Waals surface area contributed by atoms with Gasteiger partial charge in [0.25, 0.3) is 0 Å². The summed E-state index contributed by atoms with van der Waals surface area (Å²) in [6, 6.07) is 17.1. The Balaban J connectivity index is 1.81. The molecule has 3 aromatic rings. The lowest BCUT2D eigenvalue weighted by molar-refractivity contribution is 0.849. The standard InChI is InChI=1S/C17H14N2S2/c1-2-6-13-12(5-1)18-14(16-7-3-9-20-16)11-15(19-13)17-8-4-10-21-17/h1-10,14,18H,11H2. The molecule has 0 bridgehead atoms. The van der Waals surface area contributed by atoms with Crippen LogP contribution >= 0.6 is 22.7 Å². The molecule has 1 aliphatic heterocycles. The summed E-state index contributed by atoms with van der Waals surface area (Å²) in [6.45, 7) is 0. The molecule has 104 valence electrons. The molecule has 0 aliphatic carbocycles. The van der Waals surface area contributed by atoms with E-state index in [1.807, 2.05) is 6.07 Å². The van der Waals surface area contributed by atoms with E-state index in [-0.39, 0.29) is 6.04 Å². The quantitative estimate of drug-likeness (QED) is 0.665. The zero-order valence-electron chi connectivity index (χ0n) is 11.3. The van der Waals surface area contributed by atoms with E-state index in [1.165, 1.54) is 15.5 Å². The van der Waals surface area contributed by atoms with Gasteiger partial charge in [-0.05, 0) is 35.0 Å². The van der Waals surface area contributed by atoms with Crippen LogP contribution in [0.1, 0.15) is 22.2 Å². The van der Waals surface area contributed by atoms with E-state index < -0.39 is 0 Å². The summed E-state index contributed by atoms with van der Waals surface area (Å²) in [5, 5.41) is 7.90. The number of hydrogen-bond donors (Lipinski definition) is 1. The molecule has 4 rings (SSSR count). The second kappa shape index (κ2) is 5.47. The van der Waals surface area contributed by atoms with Gasteiger partial charge in [0.05, 0.1) is 23.1 Å². The number of nitrogens with one attached hydrogen (secondary N) is 1. The van der Waals surface area contributed by atoms with Gasteiger partial charge in [0, 0.05) is 16.2 Å². The van der Waals surface area contributed by atoms with Crippen LogP contribution in [0.25, 0.3) is 0 Å². The van der Waals surface area contributed by atoms with E-state index in [9.17, 15) is 0 Å². The van der Waals surface area contributed by atoms with E-state index in [0.717, 1.165) is 17.8 Å². The predicted octanol–water partition coefficient (Wildman–Crippen LogP) is 5.49. The largest absolute Gasteiger partial charge is 0.375 e. The fraction of sp³-hybridized carbons (Fsp3) is 0.118. The maximum atomic E-state index is 4.91. The Morgan fingerprint density at radius 3 is 2.62 bits per heavy atom. The van der Waals surface area contributed by atoms with Crippen molar-refractivity contribution in [1.29, 1.82) is 0 Å². The highest BCUT2D eigenvalue weighted by Gasteiger charge is 2.21. The number of fused-ring (bicyclic) bond motifs is 1. The van der Waals surface area contributed by atoms with E-state index in [0.29, 0.717) is 0 Å². The maximum Gasteiger partial charge on any atom is 0.0865 e. The van der Waals surface area contributed by atoms with Crippen molar-refractivity contribution in [3.8, 4) is 0 Å². The molecule has 1 aromatic carbocycles. The third kappa shape index (κ3) is 2.52. The Bertz CT molecular complexity index is 758. The highest BCUT2D eigenvalue weighted by Crippen LogP contribution is 2.36. The zero-order chi connectivity index (χ0) is 14.1. The number of hydrogen-bond acceptors (Lipinski definition) is 4. The fourth-order valence-corrected chi connectivity index (χ4v) is 4.08. The Labute approximate surface area is 131 Å². The van der Waals surface area contributed by atoms with Crippen LogP contribution in [0.4, 0.5) is 11.4 Å². The molecule has 2 nitrogen and oxygen atoms in total. The minimum absolute atomic E-state index is 0.287. The molecule has 0 radical (unpaired) electrons. The summed E-state index contributed by atoms with van der Waals surface area (Å²) in [7, 11) is 0. The number of thiophene rings is 2. The van der Waals surface area contributed by atoms with Crippen molar-refractivity contribution in [3.63, 3.8) is 0 Å². The molecule has 4 heteroatoms. The summed E-state index contributed by atoms with van der Waals surface area (Å²) in [5.41, 5.74) is 3.31. The number of anilines is 1. The second-order valence-electron chi connectivity index (χ2n) is 4.97. The first-order valence-corrected chi connectivity index (χ1v) is 8.66. The smallest absolute Gasteiger partial charge is 0.0865 e. The molecule has 1 atom stereocenters. The lowest BCUT2D eigenvalue weighted by Crippen LogP contribution is -2.12. The molecule has 1 N–H and O–H groups in total. The van der Waals surface area contributed by atoms with Crippen molar-refractivity contribution in [3.05, 3.63) is 69.0 Å². The summed E-state index contributed by atoms with van der Waals surface area (Å²) < 4.78 is 0. The van der Waals surface area contributed by atoms with Crippen LogP contribution in [0.5, 0.6) is 0 Å². The summed E-state index contributed by atoms with van der Waals surface area (Å²) in [4.78, 5) is 7.53. The van der Waals surface area contributed by atoms with Crippen LogP contribution < -0.4 is 5.32 Å². The van der Waals surface area contributed by atoms with E-state index in [1.54, 1.807) is 22.7 Å². The molecule has 0 amide bonds.